The number of benzene rings is 1. The molecule has 0 saturated heterocycles. The molecule has 1 unspecified atom stereocenters. The molecule has 1 aromatic rings. The number of nitrogens with two attached hydrogens (primary N) is 1. The van der Waals surface area contributed by atoms with Crippen LogP contribution >= 0.6 is 0 Å². The molecule has 0 fully saturated rings. The van der Waals surface area contributed by atoms with Crippen LogP contribution in [0.5, 0.6) is 11.5 Å². The van der Waals surface area contributed by atoms with Crippen LogP contribution in [0.2, 0.25) is 0 Å². The van der Waals surface area contributed by atoms with E-state index in [4.69, 9.17) is 5.73 Å². The third kappa shape index (κ3) is 2.87. The Morgan fingerprint density at radius 3 is 2.75 bits per heavy atom. The number of esters is 1. The average Bonchev–Trinajstić information content (AvgIpc) is 2.29. The van der Waals surface area contributed by atoms with Crippen molar-refractivity contribution < 1.29 is 19.7 Å². The fourth-order valence-electron chi connectivity index (χ4n) is 1.47. The van der Waals surface area contributed by atoms with Crippen LogP contribution in [-0.4, -0.2) is 29.8 Å². The van der Waals surface area contributed by atoms with E-state index in [0.29, 0.717) is 5.56 Å². The Morgan fingerprint density at radius 2 is 2.19 bits per heavy atom. The Labute approximate surface area is 93.5 Å². The molecule has 0 radical (unpaired) electrons. The van der Waals surface area contributed by atoms with E-state index in [-0.39, 0.29) is 30.4 Å². The summed E-state index contributed by atoms with van der Waals surface area (Å²) in [5.74, 6) is -0.731. The van der Waals surface area contributed by atoms with E-state index in [0.717, 1.165) is 0 Å². The van der Waals surface area contributed by atoms with E-state index in [1.54, 1.807) is 0 Å². The van der Waals surface area contributed by atoms with Gasteiger partial charge in [-0.3, -0.25) is 4.79 Å². The minimum atomic E-state index is -0.404. The lowest BCUT2D eigenvalue weighted by molar-refractivity contribution is -0.141. The Kier molecular flexibility index (Phi) is 4.13. The molecule has 4 N–H and O–H groups in total. The topological polar surface area (TPSA) is 92.8 Å². The van der Waals surface area contributed by atoms with Gasteiger partial charge >= 0.3 is 5.97 Å². The van der Waals surface area contributed by atoms with Gasteiger partial charge in [-0.1, -0.05) is 0 Å². The Bertz CT molecular complexity index is 378. The van der Waals surface area contributed by atoms with Gasteiger partial charge in [-0.25, -0.2) is 0 Å². The highest BCUT2D eigenvalue weighted by Crippen LogP contribution is 2.30. The third-order valence-electron chi connectivity index (χ3n) is 2.38. The number of hydrogen-bond acceptors (Lipinski definition) is 5. The van der Waals surface area contributed by atoms with Crippen molar-refractivity contribution in [2.45, 2.75) is 12.3 Å². The van der Waals surface area contributed by atoms with Crippen molar-refractivity contribution in [1.29, 1.82) is 0 Å². The number of ether oxygens (including phenoxy) is 1. The molecule has 16 heavy (non-hydrogen) atoms. The number of hydrogen-bond donors (Lipinski definition) is 3. The zero-order valence-corrected chi connectivity index (χ0v) is 9.01. The number of carbonyl (C=O) groups excluding carboxylic acids is 1. The van der Waals surface area contributed by atoms with E-state index in [2.05, 4.69) is 4.74 Å². The second-order valence-corrected chi connectivity index (χ2v) is 3.46. The number of phenols is 2. The molecule has 1 aromatic carbocycles. The van der Waals surface area contributed by atoms with Crippen LogP contribution in [0.15, 0.2) is 18.2 Å². The zero-order valence-electron chi connectivity index (χ0n) is 9.01. The van der Waals surface area contributed by atoms with Crippen LogP contribution in [0.3, 0.4) is 0 Å². The molecule has 1 atom stereocenters. The summed E-state index contributed by atoms with van der Waals surface area (Å²) in [6, 6.07) is 4.13. The van der Waals surface area contributed by atoms with E-state index in [1.807, 2.05) is 0 Å². The first kappa shape index (κ1) is 12.3. The van der Waals surface area contributed by atoms with Crippen molar-refractivity contribution in [3.8, 4) is 11.5 Å². The molecule has 0 aliphatic heterocycles. The Hall–Kier alpha value is -1.75. The molecule has 0 aliphatic rings. The smallest absolute Gasteiger partial charge is 0.306 e. The number of aromatic hydroxyl groups is 2. The molecule has 0 spiro atoms. The van der Waals surface area contributed by atoms with Gasteiger partial charge in [0, 0.05) is 11.5 Å². The number of phenolic OH excluding ortho intramolecular Hbond substituents is 2. The molecule has 5 nitrogen and oxygen atoms in total. The van der Waals surface area contributed by atoms with Crippen LogP contribution in [-0.2, 0) is 9.53 Å². The van der Waals surface area contributed by atoms with Gasteiger partial charge in [-0.15, -0.1) is 0 Å². The summed E-state index contributed by atoms with van der Waals surface area (Å²) in [4.78, 5) is 11.1. The largest absolute Gasteiger partial charge is 0.508 e. The molecule has 0 amide bonds. The van der Waals surface area contributed by atoms with Crippen molar-refractivity contribution in [2.24, 2.45) is 5.73 Å². The highest BCUT2D eigenvalue weighted by molar-refractivity contribution is 5.70. The van der Waals surface area contributed by atoms with Crippen LogP contribution < -0.4 is 5.73 Å². The SMILES string of the molecule is COC(=O)CC(CN)c1cc(O)ccc1O. The lowest BCUT2D eigenvalue weighted by Gasteiger charge is -2.15. The Balaban J connectivity index is 2.94. The predicted octanol–water partition coefficient (Wildman–Crippen LogP) is 0.703. The van der Waals surface area contributed by atoms with Crippen molar-refractivity contribution >= 4 is 5.97 Å². The second-order valence-electron chi connectivity index (χ2n) is 3.46. The van der Waals surface area contributed by atoms with E-state index < -0.39 is 5.97 Å². The predicted molar refractivity (Wildman–Crippen MR) is 58.2 cm³/mol. The van der Waals surface area contributed by atoms with Gasteiger partial charge < -0.3 is 20.7 Å². The number of rotatable bonds is 4. The van der Waals surface area contributed by atoms with Crippen molar-refractivity contribution in [1.82, 2.24) is 0 Å². The number of carbonyl (C=O) groups is 1. The van der Waals surface area contributed by atoms with E-state index >= 15 is 0 Å². The molecular weight excluding hydrogens is 210 g/mol. The molecule has 5 heteroatoms. The summed E-state index contributed by atoms with van der Waals surface area (Å²) in [7, 11) is 1.29. The third-order valence-corrected chi connectivity index (χ3v) is 2.38. The maximum absolute atomic E-state index is 11.1. The highest BCUT2D eigenvalue weighted by atomic mass is 16.5. The summed E-state index contributed by atoms with van der Waals surface area (Å²) < 4.78 is 4.54. The summed E-state index contributed by atoms with van der Waals surface area (Å²) in [6.45, 7) is 0.187. The molecule has 88 valence electrons. The van der Waals surface area contributed by atoms with Crippen molar-refractivity contribution in [2.75, 3.05) is 13.7 Å². The first-order chi connectivity index (χ1) is 7.58. The highest BCUT2D eigenvalue weighted by Gasteiger charge is 2.18. The molecule has 1 rings (SSSR count). The maximum Gasteiger partial charge on any atom is 0.306 e. The summed E-state index contributed by atoms with van der Waals surface area (Å²) >= 11 is 0. The molecule has 0 heterocycles. The van der Waals surface area contributed by atoms with Gasteiger partial charge in [0.25, 0.3) is 0 Å². The second kappa shape index (κ2) is 5.37. The van der Waals surface area contributed by atoms with Crippen LogP contribution in [0.4, 0.5) is 0 Å². The van der Waals surface area contributed by atoms with E-state index in [9.17, 15) is 15.0 Å². The van der Waals surface area contributed by atoms with Gasteiger partial charge in [0.2, 0.25) is 0 Å². The summed E-state index contributed by atoms with van der Waals surface area (Å²) in [5, 5.41) is 18.9. The molecule has 0 bridgehead atoms. The monoisotopic (exact) mass is 225 g/mol. The van der Waals surface area contributed by atoms with Gasteiger partial charge in [0.1, 0.15) is 11.5 Å². The van der Waals surface area contributed by atoms with Gasteiger partial charge in [-0.05, 0) is 24.7 Å². The number of methoxy groups -OCH3 is 1. The fourth-order valence-corrected chi connectivity index (χ4v) is 1.47. The van der Waals surface area contributed by atoms with Crippen LogP contribution in [0.25, 0.3) is 0 Å². The lowest BCUT2D eigenvalue weighted by Crippen LogP contribution is -2.17. The molecule has 0 saturated carbocycles. The zero-order chi connectivity index (χ0) is 12.1. The quantitative estimate of drug-likeness (QED) is 0.518. The van der Waals surface area contributed by atoms with Crippen LogP contribution in [0.1, 0.15) is 17.9 Å². The molecular formula is C11H15NO4. The van der Waals surface area contributed by atoms with Gasteiger partial charge in [0.15, 0.2) is 0 Å². The fraction of sp³-hybridized carbons (Fsp3) is 0.364. The van der Waals surface area contributed by atoms with Gasteiger partial charge in [-0.2, -0.15) is 0 Å². The Morgan fingerprint density at radius 1 is 1.50 bits per heavy atom. The normalized spacial score (nSPS) is 12.1. The minimum Gasteiger partial charge on any atom is -0.508 e. The average molecular weight is 225 g/mol. The maximum atomic E-state index is 11.1. The summed E-state index contributed by atoms with van der Waals surface area (Å²) in [5.41, 5.74) is 5.98. The van der Waals surface area contributed by atoms with Crippen molar-refractivity contribution in [3.63, 3.8) is 0 Å². The standard InChI is InChI=1S/C11H15NO4/c1-16-11(15)4-7(6-12)9-5-8(13)2-3-10(9)14/h2-3,5,7,13-14H,4,6,12H2,1H3. The van der Waals surface area contributed by atoms with Crippen molar-refractivity contribution in [3.05, 3.63) is 23.8 Å². The molecule has 0 aromatic heterocycles. The summed E-state index contributed by atoms with van der Waals surface area (Å²) in [6.07, 6.45) is 0.0734. The lowest BCUT2D eigenvalue weighted by atomic mass is 9.95. The van der Waals surface area contributed by atoms with Crippen LogP contribution in [0, 0.1) is 0 Å². The molecule has 0 aliphatic carbocycles. The first-order valence-corrected chi connectivity index (χ1v) is 4.87. The first-order valence-electron chi connectivity index (χ1n) is 4.87. The van der Waals surface area contributed by atoms with Gasteiger partial charge in [0.05, 0.1) is 13.5 Å². The minimum absolute atomic E-state index is 0.0113. The van der Waals surface area contributed by atoms with E-state index in [1.165, 1.54) is 25.3 Å².